The number of aliphatic hydroxyl groups excluding tert-OH is 1. The summed E-state index contributed by atoms with van der Waals surface area (Å²) in [6.07, 6.45) is 14.3. The number of rotatable bonds is 4. The Labute approximate surface area is 193 Å². The normalized spacial score (nSPS) is 47.3. The van der Waals surface area contributed by atoms with E-state index in [9.17, 15) is 5.11 Å². The Morgan fingerprint density at radius 3 is 2.42 bits per heavy atom. The van der Waals surface area contributed by atoms with Crippen molar-refractivity contribution < 1.29 is 5.11 Å². The van der Waals surface area contributed by atoms with Crippen molar-refractivity contribution in [2.24, 2.45) is 58.2 Å². The van der Waals surface area contributed by atoms with Crippen LogP contribution < -0.4 is 0 Å². The van der Waals surface area contributed by atoms with Crippen LogP contribution in [-0.4, -0.2) is 11.2 Å². The van der Waals surface area contributed by atoms with Crippen molar-refractivity contribution in [3.05, 3.63) is 23.3 Å². The first-order chi connectivity index (χ1) is 14.5. The lowest BCUT2D eigenvalue weighted by molar-refractivity contribution is -0.0617. The zero-order valence-corrected chi connectivity index (χ0v) is 21.7. The van der Waals surface area contributed by atoms with Gasteiger partial charge in [0.15, 0.2) is 0 Å². The van der Waals surface area contributed by atoms with Crippen molar-refractivity contribution in [1.82, 2.24) is 0 Å². The summed E-state index contributed by atoms with van der Waals surface area (Å²) in [4.78, 5) is 0. The molecule has 1 nitrogen and oxygen atoms in total. The van der Waals surface area contributed by atoms with Gasteiger partial charge in [0.1, 0.15) is 0 Å². The molecule has 0 amide bonds. The molecule has 0 unspecified atom stereocenters. The Hall–Kier alpha value is -0.560. The summed E-state index contributed by atoms with van der Waals surface area (Å²) in [6.45, 7) is 19.5. The minimum Gasteiger partial charge on any atom is -0.393 e. The molecule has 0 aromatic carbocycles. The summed E-state index contributed by atoms with van der Waals surface area (Å²) < 4.78 is 0. The molecule has 3 saturated carbocycles. The number of aliphatic hydroxyl groups is 1. The summed E-state index contributed by atoms with van der Waals surface area (Å²) in [5, 5.41) is 10.5. The van der Waals surface area contributed by atoms with Crippen LogP contribution in [0.2, 0.25) is 0 Å². The van der Waals surface area contributed by atoms with E-state index in [4.69, 9.17) is 0 Å². The lowest BCUT2D eigenvalue weighted by atomic mass is 9.46. The predicted octanol–water partition coefficient (Wildman–Crippen LogP) is 8.05. The van der Waals surface area contributed by atoms with Gasteiger partial charge in [-0.3, -0.25) is 0 Å². The van der Waals surface area contributed by atoms with E-state index >= 15 is 0 Å². The van der Waals surface area contributed by atoms with Crippen LogP contribution >= 0.6 is 0 Å². The van der Waals surface area contributed by atoms with Crippen molar-refractivity contribution in [2.75, 3.05) is 0 Å². The topological polar surface area (TPSA) is 20.2 Å². The fourth-order valence-corrected chi connectivity index (χ4v) is 9.17. The van der Waals surface area contributed by atoms with Crippen LogP contribution in [0.4, 0.5) is 0 Å². The maximum atomic E-state index is 10.5. The van der Waals surface area contributed by atoms with Gasteiger partial charge in [-0.15, -0.1) is 0 Å². The molecule has 0 radical (unpaired) electrons. The Morgan fingerprint density at radius 1 is 1.03 bits per heavy atom. The van der Waals surface area contributed by atoms with Gasteiger partial charge in [-0.1, -0.05) is 71.8 Å². The van der Waals surface area contributed by atoms with Crippen LogP contribution in [0, 0.1) is 58.2 Å². The van der Waals surface area contributed by atoms with Crippen LogP contribution in [0.3, 0.4) is 0 Å². The zero-order chi connectivity index (χ0) is 22.7. The molecule has 10 atom stereocenters. The van der Waals surface area contributed by atoms with E-state index in [2.05, 4.69) is 67.5 Å². The Bertz CT molecular complexity index is 731. The van der Waals surface area contributed by atoms with Crippen LogP contribution in [0.1, 0.15) is 100 Å². The molecule has 4 aliphatic carbocycles. The van der Waals surface area contributed by atoms with Crippen LogP contribution in [0.25, 0.3) is 0 Å². The highest BCUT2D eigenvalue weighted by atomic mass is 16.3. The van der Waals surface area contributed by atoms with E-state index in [0.29, 0.717) is 28.6 Å². The molecule has 4 aliphatic rings. The van der Waals surface area contributed by atoms with Gasteiger partial charge in [-0.25, -0.2) is 0 Å². The minimum absolute atomic E-state index is 0.121. The second-order valence-electron chi connectivity index (χ2n) is 13.1. The highest BCUT2D eigenvalue weighted by Crippen LogP contribution is 2.67. The van der Waals surface area contributed by atoms with E-state index < -0.39 is 0 Å². The predicted molar refractivity (Wildman–Crippen MR) is 133 cm³/mol. The Balaban J connectivity index is 1.57. The quantitative estimate of drug-likeness (QED) is 0.451. The van der Waals surface area contributed by atoms with E-state index in [1.807, 2.05) is 0 Å². The first kappa shape index (κ1) is 23.6. The summed E-state index contributed by atoms with van der Waals surface area (Å²) >= 11 is 0. The average Bonchev–Trinajstić information content (AvgIpc) is 3.07. The maximum absolute atomic E-state index is 10.5. The van der Waals surface area contributed by atoms with Crippen molar-refractivity contribution in [1.29, 1.82) is 0 Å². The smallest absolute Gasteiger partial charge is 0.0603 e. The van der Waals surface area contributed by atoms with Gasteiger partial charge in [-0.05, 0) is 104 Å². The van der Waals surface area contributed by atoms with Crippen LogP contribution in [0.15, 0.2) is 23.3 Å². The molecule has 0 aromatic rings. The fraction of sp³-hybridized carbons (Fsp3) is 0.867. The number of hydrogen-bond donors (Lipinski definition) is 1. The number of hydrogen-bond acceptors (Lipinski definition) is 1. The van der Waals surface area contributed by atoms with Crippen molar-refractivity contribution in [3.8, 4) is 0 Å². The standard InChI is InChI=1S/C30H50O/c1-18(2)21(5)19(3)17-20(4)24-11-12-26-23-9-10-25-22(6)28(31)14-16-30(25,8)27(23)13-15-29(24,26)7/h10,17-18,20-24,26-28,31H,9,11-16H2,1-8H3/b19-17+/t20-,21-,22+,23+,24-,26+,27+,28+,29-,30+/m1/s1. The van der Waals surface area contributed by atoms with Gasteiger partial charge < -0.3 is 5.11 Å². The third kappa shape index (κ3) is 3.70. The first-order valence-corrected chi connectivity index (χ1v) is 13.6. The van der Waals surface area contributed by atoms with Crippen LogP contribution in [-0.2, 0) is 0 Å². The second kappa shape index (κ2) is 8.34. The van der Waals surface area contributed by atoms with Crippen molar-refractivity contribution in [3.63, 3.8) is 0 Å². The van der Waals surface area contributed by atoms with Crippen molar-refractivity contribution >= 4 is 0 Å². The molecule has 1 N–H and O–H groups in total. The van der Waals surface area contributed by atoms with E-state index in [-0.39, 0.29) is 6.10 Å². The Morgan fingerprint density at radius 2 is 1.74 bits per heavy atom. The molecule has 31 heavy (non-hydrogen) atoms. The summed E-state index contributed by atoms with van der Waals surface area (Å²) in [7, 11) is 0. The van der Waals surface area contributed by atoms with Gasteiger partial charge in [0.05, 0.1) is 6.10 Å². The van der Waals surface area contributed by atoms with E-state index in [1.165, 1.54) is 38.5 Å². The first-order valence-electron chi connectivity index (χ1n) is 13.6. The zero-order valence-electron chi connectivity index (χ0n) is 21.7. The second-order valence-corrected chi connectivity index (χ2v) is 13.1. The molecule has 3 fully saturated rings. The molecule has 176 valence electrons. The molecule has 0 saturated heterocycles. The van der Waals surface area contributed by atoms with Gasteiger partial charge >= 0.3 is 0 Å². The molecule has 0 aromatic heterocycles. The monoisotopic (exact) mass is 426 g/mol. The molecular formula is C30H50O. The highest BCUT2D eigenvalue weighted by molar-refractivity contribution is 5.27. The maximum Gasteiger partial charge on any atom is 0.0603 e. The molecule has 0 aliphatic heterocycles. The molecule has 0 spiro atoms. The third-order valence-electron chi connectivity index (χ3n) is 11.5. The summed E-state index contributed by atoms with van der Waals surface area (Å²) in [5.74, 6) is 5.92. The minimum atomic E-state index is -0.121. The number of allylic oxidation sites excluding steroid dienone is 3. The lowest BCUT2D eigenvalue weighted by Gasteiger charge is -2.59. The van der Waals surface area contributed by atoms with Crippen molar-refractivity contribution in [2.45, 2.75) is 106 Å². The SMILES string of the molecule is C/C(=C\[C@@H](C)[C@H]1CC[C@H]2[C@@H]3CC=C4[C@H](C)[C@@H](O)CC[C@]4(C)[C@H]3CC[C@]12C)[C@H](C)C(C)C. The van der Waals surface area contributed by atoms with Gasteiger partial charge in [0, 0.05) is 5.92 Å². The molecule has 0 bridgehead atoms. The Kier molecular flexibility index (Phi) is 6.35. The van der Waals surface area contributed by atoms with E-state index in [1.54, 1.807) is 11.1 Å². The molecule has 4 rings (SSSR count). The van der Waals surface area contributed by atoms with E-state index in [0.717, 1.165) is 36.0 Å². The molecule has 0 heterocycles. The molecular weight excluding hydrogens is 376 g/mol. The summed E-state index contributed by atoms with van der Waals surface area (Å²) in [6, 6.07) is 0. The molecule has 1 heteroatoms. The fourth-order valence-electron chi connectivity index (χ4n) is 9.17. The lowest BCUT2D eigenvalue weighted by Crippen LogP contribution is -2.52. The average molecular weight is 427 g/mol. The summed E-state index contributed by atoms with van der Waals surface area (Å²) in [5.41, 5.74) is 4.08. The number of fused-ring (bicyclic) bond motifs is 5. The van der Waals surface area contributed by atoms with Gasteiger partial charge in [-0.2, -0.15) is 0 Å². The third-order valence-corrected chi connectivity index (χ3v) is 11.5. The largest absolute Gasteiger partial charge is 0.393 e. The highest BCUT2D eigenvalue weighted by Gasteiger charge is 2.59. The van der Waals surface area contributed by atoms with Gasteiger partial charge in [0.25, 0.3) is 0 Å². The van der Waals surface area contributed by atoms with Crippen LogP contribution in [0.5, 0.6) is 0 Å². The van der Waals surface area contributed by atoms with Gasteiger partial charge in [0.2, 0.25) is 0 Å².